The summed E-state index contributed by atoms with van der Waals surface area (Å²) in [5, 5.41) is 0.357. The first-order valence-corrected chi connectivity index (χ1v) is 6.91. The number of esters is 1. The van der Waals surface area contributed by atoms with E-state index in [-0.39, 0.29) is 22.5 Å². The summed E-state index contributed by atoms with van der Waals surface area (Å²) in [7, 11) is 1.68. The topological polar surface area (TPSA) is 48.4 Å². The van der Waals surface area contributed by atoms with Crippen LogP contribution in [0, 0.1) is 0 Å². The smallest absolute Gasteiger partial charge is 0.338 e. The highest BCUT2D eigenvalue weighted by atomic mass is 35.5. The molecule has 2 unspecified atom stereocenters. The molecular weight excluding hydrogens is 289 g/mol. The maximum absolute atomic E-state index is 12.0. The molecule has 1 fully saturated rings. The van der Waals surface area contributed by atoms with Crippen LogP contribution in [0.15, 0.2) is 12.1 Å². The first kappa shape index (κ1) is 14.6. The van der Waals surface area contributed by atoms with Gasteiger partial charge in [0.15, 0.2) is 0 Å². The number of hydrogen-bond donors (Lipinski definition) is 0. The summed E-state index contributed by atoms with van der Waals surface area (Å²) < 4.78 is 10.8. The largest absolute Gasteiger partial charge is 0.459 e. The van der Waals surface area contributed by atoms with E-state index >= 15 is 0 Å². The number of carbonyl (C=O) groups is 1. The molecule has 0 aliphatic heterocycles. The Kier molecular flexibility index (Phi) is 5.02. The van der Waals surface area contributed by atoms with Crippen LogP contribution >= 0.6 is 23.2 Å². The van der Waals surface area contributed by atoms with Crippen LogP contribution in [-0.4, -0.2) is 30.3 Å². The lowest BCUT2D eigenvalue weighted by molar-refractivity contribution is -0.0149. The van der Waals surface area contributed by atoms with Crippen molar-refractivity contribution in [1.29, 1.82) is 0 Å². The van der Waals surface area contributed by atoms with Crippen molar-refractivity contribution in [3.05, 3.63) is 28.0 Å². The van der Waals surface area contributed by atoms with Gasteiger partial charge in [-0.1, -0.05) is 23.2 Å². The van der Waals surface area contributed by atoms with Crippen LogP contribution in [0.5, 0.6) is 0 Å². The van der Waals surface area contributed by atoms with Crippen molar-refractivity contribution in [2.75, 3.05) is 7.11 Å². The van der Waals surface area contributed by atoms with Gasteiger partial charge in [-0.25, -0.2) is 9.78 Å². The highest BCUT2D eigenvalue weighted by molar-refractivity contribution is 6.32. The monoisotopic (exact) mass is 303 g/mol. The molecule has 0 radical (unpaired) electrons. The zero-order chi connectivity index (χ0) is 13.8. The van der Waals surface area contributed by atoms with Gasteiger partial charge in [0.1, 0.15) is 16.4 Å². The van der Waals surface area contributed by atoms with Gasteiger partial charge in [-0.2, -0.15) is 0 Å². The maximum atomic E-state index is 12.0. The molecule has 4 nitrogen and oxygen atoms in total. The standard InChI is InChI=1S/C13H15Cl2NO3/c1-18-9-3-2-4-10(7-9)19-13(17)8-5-11(14)16-12(15)6-8/h5-6,9-10H,2-4,7H2,1H3. The minimum Gasteiger partial charge on any atom is -0.459 e. The lowest BCUT2D eigenvalue weighted by atomic mass is 9.95. The Balaban J connectivity index is 2.00. The molecule has 1 aromatic heterocycles. The minimum atomic E-state index is -0.423. The molecule has 2 atom stereocenters. The first-order valence-electron chi connectivity index (χ1n) is 6.15. The quantitative estimate of drug-likeness (QED) is 0.633. The van der Waals surface area contributed by atoms with Crippen molar-refractivity contribution in [2.45, 2.75) is 37.9 Å². The molecule has 1 heterocycles. The molecule has 0 amide bonds. The van der Waals surface area contributed by atoms with Gasteiger partial charge in [-0.3, -0.25) is 0 Å². The Morgan fingerprint density at radius 3 is 2.53 bits per heavy atom. The fraction of sp³-hybridized carbons (Fsp3) is 0.538. The molecule has 2 rings (SSSR count). The Morgan fingerprint density at radius 1 is 1.26 bits per heavy atom. The van der Waals surface area contributed by atoms with E-state index in [1.54, 1.807) is 7.11 Å². The summed E-state index contributed by atoms with van der Waals surface area (Å²) in [6, 6.07) is 2.90. The van der Waals surface area contributed by atoms with Crippen molar-refractivity contribution in [2.24, 2.45) is 0 Å². The minimum absolute atomic E-state index is 0.114. The first-order chi connectivity index (χ1) is 9.08. The Hall–Kier alpha value is -0.840. The highest BCUT2D eigenvalue weighted by Gasteiger charge is 2.25. The van der Waals surface area contributed by atoms with Crippen LogP contribution in [0.2, 0.25) is 10.3 Å². The number of carbonyl (C=O) groups excluding carboxylic acids is 1. The second-order valence-electron chi connectivity index (χ2n) is 4.55. The number of pyridine rings is 1. The zero-order valence-electron chi connectivity index (χ0n) is 10.6. The average molecular weight is 304 g/mol. The molecule has 1 aromatic rings. The third-order valence-electron chi connectivity index (χ3n) is 3.18. The molecule has 1 aliphatic rings. The van der Waals surface area contributed by atoms with Crippen LogP contribution in [0.25, 0.3) is 0 Å². The summed E-state index contributed by atoms with van der Waals surface area (Å²) in [5.41, 5.74) is 0.324. The summed E-state index contributed by atoms with van der Waals surface area (Å²) in [4.78, 5) is 15.8. The van der Waals surface area contributed by atoms with Gasteiger partial charge in [0, 0.05) is 13.5 Å². The van der Waals surface area contributed by atoms with Crippen LogP contribution in [0.3, 0.4) is 0 Å². The number of hydrogen-bond acceptors (Lipinski definition) is 4. The summed E-state index contributed by atoms with van der Waals surface area (Å²) in [6.45, 7) is 0. The second kappa shape index (κ2) is 6.55. The van der Waals surface area contributed by atoms with E-state index in [4.69, 9.17) is 32.7 Å². The molecule has 0 N–H and O–H groups in total. The molecule has 0 aromatic carbocycles. The Labute approximate surface area is 122 Å². The number of rotatable bonds is 3. The predicted molar refractivity (Wildman–Crippen MR) is 72.7 cm³/mol. The highest BCUT2D eigenvalue weighted by Crippen LogP contribution is 2.24. The van der Waals surface area contributed by atoms with Crippen LogP contribution in [0.4, 0.5) is 0 Å². The second-order valence-corrected chi connectivity index (χ2v) is 5.33. The van der Waals surface area contributed by atoms with Crippen molar-refractivity contribution >= 4 is 29.2 Å². The molecular formula is C13H15Cl2NO3. The van der Waals surface area contributed by atoms with Crippen LogP contribution in [0.1, 0.15) is 36.0 Å². The van der Waals surface area contributed by atoms with Gasteiger partial charge in [0.05, 0.1) is 11.7 Å². The van der Waals surface area contributed by atoms with Crippen molar-refractivity contribution in [3.8, 4) is 0 Å². The summed E-state index contributed by atoms with van der Waals surface area (Å²) in [5.74, 6) is -0.423. The van der Waals surface area contributed by atoms with Crippen LogP contribution < -0.4 is 0 Å². The normalized spacial score (nSPS) is 23.1. The predicted octanol–water partition coefficient (Wildman–Crippen LogP) is 3.50. The third kappa shape index (κ3) is 4.06. The van der Waals surface area contributed by atoms with E-state index in [2.05, 4.69) is 4.98 Å². The van der Waals surface area contributed by atoms with E-state index in [1.165, 1.54) is 12.1 Å². The fourth-order valence-corrected chi connectivity index (χ4v) is 2.69. The lowest BCUT2D eigenvalue weighted by Gasteiger charge is -2.27. The van der Waals surface area contributed by atoms with Gasteiger partial charge in [-0.15, -0.1) is 0 Å². The third-order valence-corrected chi connectivity index (χ3v) is 3.57. The van der Waals surface area contributed by atoms with Gasteiger partial charge in [-0.05, 0) is 31.4 Å². The summed E-state index contributed by atoms with van der Waals surface area (Å²) >= 11 is 11.5. The molecule has 0 saturated heterocycles. The van der Waals surface area contributed by atoms with Gasteiger partial charge in [0.2, 0.25) is 0 Å². The van der Waals surface area contributed by atoms with E-state index in [9.17, 15) is 4.79 Å². The maximum Gasteiger partial charge on any atom is 0.338 e. The van der Waals surface area contributed by atoms with Crippen molar-refractivity contribution < 1.29 is 14.3 Å². The Morgan fingerprint density at radius 2 is 1.89 bits per heavy atom. The van der Waals surface area contributed by atoms with Gasteiger partial charge >= 0.3 is 5.97 Å². The van der Waals surface area contributed by atoms with E-state index in [0.29, 0.717) is 5.56 Å². The molecule has 0 spiro atoms. The van der Waals surface area contributed by atoms with E-state index < -0.39 is 5.97 Å². The number of halogens is 2. The summed E-state index contributed by atoms with van der Waals surface area (Å²) in [6.07, 6.45) is 3.65. The fourth-order valence-electron chi connectivity index (χ4n) is 2.23. The molecule has 1 aliphatic carbocycles. The molecule has 0 bridgehead atoms. The molecule has 6 heteroatoms. The SMILES string of the molecule is COC1CCCC(OC(=O)c2cc(Cl)nc(Cl)c2)C1. The average Bonchev–Trinajstić information content (AvgIpc) is 2.37. The number of aromatic nitrogens is 1. The molecule has 19 heavy (non-hydrogen) atoms. The lowest BCUT2D eigenvalue weighted by Crippen LogP contribution is -2.29. The zero-order valence-corrected chi connectivity index (χ0v) is 12.1. The Bertz CT molecular complexity index is 447. The number of ether oxygens (including phenoxy) is 2. The molecule has 104 valence electrons. The number of nitrogens with zero attached hydrogens (tertiary/aromatic N) is 1. The van der Waals surface area contributed by atoms with Gasteiger partial charge in [0.25, 0.3) is 0 Å². The van der Waals surface area contributed by atoms with Crippen molar-refractivity contribution in [3.63, 3.8) is 0 Å². The van der Waals surface area contributed by atoms with Crippen LogP contribution in [-0.2, 0) is 9.47 Å². The number of methoxy groups -OCH3 is 1. The van der Waals surface area contributed by atoms with E-state index in [0.717, 1.165) is 25.7 Å². The van der Waals surface area contributed by atoms with Gasteiger partial charge < -0.3 is 9.47 Å². The van der Waals surface area contributed by atoms with Crippen molar-refractivity contribution in [1.82, 2.24) is 4.98 Å². The van der Waals surface area contributed by atoms with E-state index in [1.807, 2.05) is 0 Å². The molecule has 1 saturated carbocycles.